The molecule has 0 aromatic heterocycles. The Balaban J connectivity index is 2.41. The third kappa shape index (κ3) is 6.77. The van der Waals surface area contributed by atoms with E-state index in [-0.39, 0.29) is 19.2 Å². The average molecular weight is 282 g/mol. The van der Waals surface area contributed by atoms with Crippen LogP contribution in [0.5, 0.6) is 0 Å². The standard InChI is InChI=1S/C12H21F3N2O2/c13-12(14,15)9-16-11(19)8-17(6-7-18)10-4-2-1-3-5-10/h10,18H,1-9H2,(H,16,19). The summed E-state index contributed by atoms with van der Waals surface area (Å²) in [5.41, 5.74) is 0. The number of alkyl halides is 3. The highest BCUT2D eigenvalue weighted by Gasteiger charge is 2.29. The molecule has 0 aliphatic heterocycles. The van der Waals surface area contributed by atoms with Crippen molar-refractivity contribution in [1.29, 1.82) is 0 Å². The average Bonchev–Trinajstić information content (AvgIpc) is 2.36. The Hall–Kier alpha value is -0.820. The summed E-state index contributed by atoms with van der Waals surface area (Å²) >= 11 is 0. The molecule has 19 heavy (non-hydrogen) atoms. The lowest BCUT2D eigenvalue weighted by Crippen LogP contribution is -2.46. The van der Waals surface area contributed by atoms with Crippen LogP contribution in [0.3, 0.4) is 0 Å². The van der Waals surface area contributed by atoms with Crippen LogP contribution >= 0.6 is 0 Å². The zero-order valence-corrected chi connectivity index (χ0v) is 10.9. The highest BCUT2D eigenvalue weighted by Crippen LogP contribution is 2.22. The van der Waals surface area contributed by atoms with Crippen molar-refractivity contribution in [2.24, 2.45) is 0 Å². The second kappa shape index (κ2) is 7.69. The molecule has 0 heterocycles. The zero-order chi connectivity index (χ0) is 14.3. The molecule has 0 radical (unpaired) electrons. The van der Waals surface area contributed by atoms with Gasteiger partial charge in [-0.2, -0.15) is 13.2 Å². The van der Waals surface area contributed by atoms with Crippen molar-refractivity contribution >= 4 is 5.91 Å². The van der Waals surface area contributed by atoms with Crippen LogP contribution in [0.25, 0.3) is 0 Å². The minimum atomic E-state index is -4.39. The molecular formula is C12H21F3N2O2. The number of hydrogen-bond donors (Lipinski definition) is 2. The van der Waals surface area contributed by atoms with Crippen LogP contribution in [-0.2, 0) is 4.79 Å². The molecule has 1 aliphatic rings. The quantitative estimate of drug-likeness (QED) is 0.772. The lowest BCUT2D eigenvalue weighted by atomic mass is 9.94. The molecular weight excluding hydrogens is 261 g/mol. The van der Waals surface area contributed by atoms with E-state index in [0.717, 1.165) is 32.1 Å². The summed E-state index contributed by atoms with van der Waals surface area (Å²) < 4.78 is 36.0. The Morgan fingerprint density at radius 1 is 1.26 bits per heavy atom. The maximum atomic E-state index is 12.0. The first-order valence-corrected chi connectivity index (χ1v) is 6.61. The maximum Gasteiger partial charge on any atom is 0.405 e. The van der Waals surface area contributed by atoms with Crippen LogP contribution in [0.4, 0.5) is 13.2 Å². The van der Waals surface area contributed by atoms with Crippen molar-refractivity contribution in [1.82, 2.24) is 10.2 Å². The van der Waals surface area contributed by atoms with E-state index < -0.39 is 18.6 Å². The van der Waals surface area contributed by atoms with Crippen molar-refractivity contribution in [3.63, 3.8) is 0 Å². The summed E-state index contributed by atoms with van der Waals surface area (Å²) in [6.45, 7) is -1.15. The molecule has 0 atom stereocenters. The molecule has 1 amide bonds. The van der Waals surface area contributed by atoms with Gasteiger partial charge in [0.15, 0.2) is 0 Å². The number of hydrogen-bond acceptors (Lipinski definition) is 3. The number of aliphatic hydroxyl groups excluding tert-OH is 1. The van der Waals surface area contributed by atoms with Gasteiger partial charge in [0.05, 0.1) is 13.2 Å². The molecule has 2 N–H and O–H groups in total. The molecule has 0 saturated heterocycles. The van der Waals surface area contributed by atoms with Gasteiger partial charge in [0.2, 0.25) is 5.91 Å². The summed E-state index contributed by atoms with van der Waals surface area (Å²) in [6.07, 6.45) is 0.776. The molecule has 0 unspecified atom stereocenters. The van der Waals surface area contributed by atoms with Gasteiger partial charge in [0.25, 0.3) is 0 Å². The van der Waals surface area contributed by atoms with Crippen molar-refractivity contribution in [3.05, 3.63) is 0 Å². The van der Waals surface area contributed by atoms with E-state index in [1.54, 1.807) is 4.90 Å². The normalized spacial score (nSPS) is 17.7. The van der Waals surface area contributed by atoms with E-state index in [1.807, 2.05) is 5.32 Å². The topological polar surface area (TPSA) is 52.6 Å². The number of nitrogens with one attached hydrogen (secondary N) is 1. The highest BCUT2D eigenvalue weighted by atomic mass is 19.4. The first-order valence-electron chi connectivity index (χ1n) is 6.61. The monoisotopic (exact) mass is 282 g/mol. The second-order valence-corrected chi connectivity index (χ2v) is 4.88. The summed E-state index contributed by atoms with van der Waals surface area (Å²) in [6, 6.07) is 0.192. The number of amides is 1. The summed E-state index contributed by atoms with van der Waals surface area (Å²) in [5, 5.41) is 10.8. The van der Waals surface area contributed by atoms with E-state index in [0.29, 0.717) is 6.54 Å². The molecule has 0 aromatic carbocycles. The Morgan fingerprint density at radius 3 is 2.42 bits per heavy atom. The minimum Gasteiger partial charge on any atom is -0.395 e. The Morgan fingerprint density at radius 2 is 1.89 bits per heavy atom. The first kappa shape index (κ1) is 16.2. The smallest absolute Gasteiger partial charge is 0.395 e. The lowest BCUT2D eigenvalue weighted by molar-refractivity contribution is -0.139. The van der Waals surface area contributed by atoms with Gasteiger partial charge in [-0.3, -0.25) is 9.69 Å². The minimum absolute atomic E-state index is 0.0820. The first-order chi connectivity index (χ1) is 8.92. The van der Waals surface area contributed by atoms with Crippen molar-refractivity contribution in [2.75, 3.05) is 26.2 Å². The molecule has 0 aromatic rings. The van der Waals surface area contributed by atoms with E-state index in [2.05, 4.69) is 0 Å². The maximum absolute atomic E-state index is 12.0. The van der Waals surface area contributed by atoms with Gasteiger partial charge in [0.1, 0.15) is 6.54 Å². The Labute approximate surface area is 111 Å². The van der Waals surface area contributed by atoms with Gasteiger partial charge in [-0.25, -0.2) is 0 Å². The summed E-state index contributed by atoms with van der Waals surface area (Å²) in [4.78, 5) is 13.3. The van der Waals surface area contributed by atoms with Crippen LogP contribution in [-0.4, -0.2) is 54.4 Å². The van der Waals surface area contributed by atoms with Crippen LogP contribution in [0.1, 0.15) is 32.1 Å². The number of aliphatic hydroxyl groups is 1. The van der Waals surface area contributed by atoms with E-state index in [4.69, 9.17) is 5.11 Å². The van der Waals surface area contributed by atoms with Crippen LogP contribution in [0.2, 0.25) is 0 Å². The van der Waals surface area contributed by atoms with Gasteiger partial charge in [-0.15, -0.1) is 0 Å². The van der Waals surface area contributed by atoms with Gasteiger partial charge in [-0.1, -0.05) is 19.3 Å². The highest BCUT2D eigenvalue weighted by molar-refractivity contribution is 5.78. The van der Waals surface area contributed by atoms with Crippen molar-refractivity contribution in [3.8, 4) is 0 Å². The van der Waals surface area contributed by atoms with Crippen LogP contribution in [0, 0.1) is 0 Å². The molecule has 1 rings (SSSR count). The molecule has 4 nitrogen and oxygen atoms in total. The second-order valence-electron chi connectivity index (χ2n) is 4.88. The summed E-state index contributed by atoms with van der Waals surface area (Å²) in [5.74, 6) is -0.642. The zero-order valence-electron chi connectivity index (χ0n) is 10.9. The van der Waals surface area contributed by atoms with Gasteiger partial charge < -0.3 is 10.4 Å². The van der Waals surface area contributed by atoms with E-state index >= 15 is 0 Å². The molecule has 1 aliphatic carbocycles. The van der Waals surface area contributed by atoms with Gasteiger partial charge in [-0.05, 0) is 12.8 Å². The molecule has 1 saturated carbocycles. The van der Waals surface area contributed by atoms with Gasteiger partial charge in [0, 0.05) is 12.6 Å². The largest absolute Gasteiger partial charge is 0.405 e. The molecule has 0 bridgehead atoms. The fourth-order valence-electron chi connectivity index (χ4n) is 2.40. The third-order valence-corrected chi connectivity index (χ3v) is 3.31. The van der Waals surface area contributed by atoms with Crippen molar-refractivity contribution < 1.29 is 23.1 Å². The molecule has 0 spiro atoms. The fourth-order valence-corrected chi connectivity index (χ4v) is 2.40. The number of nitrogens with zero attached hydrogens (tertiary/aromatic N) is 1. The number of carbonyl (C=O) groups excluding carboxylic acids is 1. The van der Waals surface area contributed by atoms with Gasteiger partial charge >= 0.3 is 6.18 Å². The Kier molecular flexibility index (Phi) is 6.57. The SMILES string of the molecule is O=C(CN(CCO)C1CCCCC1)NCC(F)(F)F. The summed E-state index contributed by atoms with van der Waals surface area (Å²) in [7, 11) is 0. The number of rotatable bonds is 6. The van der Waals surface area contributed by atoms with Crippen LogP contribution < -0.4 is 5.32 Å². The predicted molar refractivity (Wildman–Crippen MR) is 64.6 cm³/mol. The van der Waals surface area contributed by atoms with Crippen LogP contribution in [0.15, 0.2) is 0 Å². The third-order valence-electron chi connectivity index (χ3n) is 3.31. The molecule has 112 valence electrons. The predicted octanol–water partition coefficient (Wildman–Crippen LogP) is 1.29. The molecule has 7 heteroatoms. The van der Waals surface area contributed by atoms with E-state index in [1.165, 1.54) is 0 Å². The Bertz CT molecular complexity index is 279. The fraction of sp³-hybridized carbons (Fsp3) is 0.917. The molecule has 1 fully saturated rings. The number of carbonyl (C=O) groups is 1. The number of halogens is 3. The van der Waals surface area contributed by atoms with E-state index in [9.17, 15) is 18.0 Å². The van der Waals surface area contributed by atoms with Crippen molar-refractivity contribution in [2.45, 2.75) is 44.3 Å². The lowest BCUT2D eigenvalue weighted by Gasteiger charge is -2.33.